The zero-order valence-electron chi connectivity index (χ0n) is 10.4. The lowest BCUT2D eigenvalue weighted by molar-refractivity contribution is 0.0232. The molecule has 20 heavy (non-hydrogen) atoms. The first kappa shape index (κ1) is 14.0. The second-order valence-electron chi connectivity index (χ2n) is 4.09. The van der Waals surface area contributed by atoms with Crippen LogP contribution in [0.4, 0.5) is 14.5 Å². The summed E-state index contributed by atoms with van der Waals surface area (Å²) in [5.41, 5.74) is 8.95. The van der Waals surface area contributed by atoms with Crippen molar-refractivity contribution in [2.24, 2.45) is 0 Å². The Bertz CT molecular complexity index is 632. The van der Waals surface area contributed by atoms with E-state index < -0.39 is 17.5 Å². The quantitative estimate of drug-likeness (QED) is 0.666. The second-order valence-corrected chi connectivity index (χ2v) is 4.09. The van der Waals surface area contributed by atoms with Gasteiger partial charge in [0.25, 0.3) is 5.91 Å². The van der Waals surface area contributed by atoms with Crippen molar-refractivity contribution in [3.8, 4) is 0 Å². The zero-order chi connectivity index (χ0) is 14.5. The molecule has 2 aromatic rings. The first-order chi connectivity index (χ1) is 9.56. The van der Waals surface area contributed by atoms with Crippen LogP contribution in [-0.2, 0) is 11.4 Å². The number of nitrogens with one attached hydrogen (secondary N) is 1. The van der Waals surface area contributed by atoms with Crippen LogP contribution in [0.3, 0.4) is 0 Å². The van der Waals surface area contributed by atoms with Gasteiger partial charge in [0.15, 0.2) is 11.6 Å². The molecular weight excluding hydrogens is 266 g/mol. The molecule has 2 rings (SSSR count). The molecule has 0 unspecified atom stereocenters. The van der Waals surface area contributed by atoms with Gasteiger partial charge in [-0.05, 0) is 35.9 Å². The van der Waals surface area contributed by atoms with Crippen molar-refractivity contribution in [1.82, 2.24) is 5.48 Å². The Kier molecular flexibility index (Phi) is 4.27. The summed E-state index contributed by atoms with van der Waals surface area (Å²) < 4.78 is 25.7. The molecule has 1 amide bonds. The molecule has 0 saturated heterocycles. The Morgan fingerprint density at radius 2 is 1.95 bits per heavy atom. The number of nitrogens with two attached hydrogens (primary N) is 1. The standard InChI is InChI=1S/C14H12F2N2O2/c15-12-5-4-9(6-13(12)16)8-20-18-14(19)10-2-1-3-11(17)7-10/h1-7H,8,17H2,(H,18,19). The Hall–Kier alpha value is -2.47. The van der Waals surface area contributed by atoms with Crippen LogP contribution in [0.15, 0.2) is 42.5 Å². The Balaban J connectivity index is 1.89. The van der Waals surface area contributed by atoms with E-state index in [4.69, 9.17) is 10.6 Å². The third kappa shape index (κ3) is 3.52. The Labute approximate surface area is 114 Å². The molecule has 4 nitrogen and oxygen atoms in total. The van der Waals surface area contributed by atoms with Gasteiger partial charge in [-0.25, -0.2) is 14.3 Å². The smallest absolute Gasteiger partial charge is 0.274 e. The zero-order valence-corrected chi connectivity index (χ0v) is 10.4. The minimum atomic E-state index is -0.965. The summed E-state index contributed by atoms with van der Waals surface area (Å²) in [5, 5.41) is 0. The molecule has 2 aromatic carbocycles. The molecule has 0 radical (unpaired) electrons. The molecule has 0 aromatic heterocycles. The van der Waals surface area contributed by atoms with Crippen LogP contribution in [0.1, 0.15) is 15.9 Å². The summed E-state index contributed by atoms with van der Waals surface area (Å²) in [6.07, 6.45) is 0. The van der Waals surface area contributed by atoms with Crippen LogP contribution in [0.5, 0.6) is 0 Å². The van der Waals surface area contributed by atoms with Gasteiger partial charge < -0.3 is 5.73 Å². The van der Waals surface area contributed by atoms with Gasteiger partial charge in [-0.1, -0.05) is 12.1 Å². The highest BCUT2D eigenvalue weighted by Crippen LogP contribution is 2.10. The summed E-state index contributed by atoms with van der Waals surface area (Å²) in [7, 11) is 0. The lowest BCUT2D eigenvalue weighted by Crippen LogP contribution is -2.23. The summed E-state index contributed by atoms with van der Waals surface area (Å²) in [4.78, 5) is 16.6. The van der Waals surface area contributed by atoms with Crippen LogP contribution in [0.25, 0.3) is 0 Å². The molecule has 0 aliphatic carbocycles. The van der Waals surface area contributed by atoms with Crippen LogP contribution in [0, 0.1) is 11.6 Å². The molecule has 0 bridgehead atoms. The van der Waals surface area contributed by atoms with E-state index in [-0.39, 0.29) is 6.61 Å². The van der Waals surface area contributed by atoms with Gasteiger partial charge >= 0.3 is 0 Å². The van der Waals surface area contributed by atoms with E-state index >= 15 is 0 Å². The molecular formula is C14H12F2N2O2. The number of halogens is 2. The highest BCUT2D eigenvalue weighted by Gasteiger charge is 2.06. The fraction of sp³-hybridized carbons (Fsp3) is 0.0714. The number of amides is 1. The van der Waals surface area contributed by atoms with Crippen LogP contribution < -0.4 is 11.2 Å². The van der Waals surface area contributed by atoms with Gasteiger partial charge in [0.2, 0.25) is 0 Å². The minimum Gasteiger partial charge on any atom is -0.399 e. The van der Waals surface area contributed by atoms with E-state index in [0.29, 0.717) is 16.8 Å². The predicted octanol–water partition coefficient (Wildman–Crippen LogP) is 2.41. The van der Waals surface area contributed by atoms with E-state index in [1.807, 2.05) is 0 Å². The number of benzene rings is 2. The SMILES string of the molecule is Nc1cccc(C(=O)NOCc2ccc(F)c(F)c2)c1. The van der Waals surface area contributed by atoms with Gasteiger partial charge in [0.05, 0.1) is 6.61 Å². The fourth-order valence-corrected chi connectivity index (χ4v) is 1.55. The van der Waals surface area contributed by atoms with Crippen molar-refractivity contribution in [2.75, 3.05) is 5.73 Å². The molecule has 0 aliphatic heterocycles. The number of anilines is 1. The van der Waals surface area contributed by atoms with Crippen molar-refractivity contribution in [2.45, 2.75) is 6.61 Å². The average molecular weight is 278 g/mol. The number of nitrogen functional groups attached to an aromatic ring is 1. The molecule has 3 N–H and O–H groups in total. The average Bonchev–Trinajstić information content (AvgIpc) is 2.42. The topological polar surface area (TPSA) is 64.4 Å². The van der Waals surface area contributed by atoms with E-state index in [0.717, 1.165) is 12.1 Å². The number of carbonyl (C=O) groups is 1. The highest BCUT2D eigenvalue weighted by atomic mass is 19.2. The van der Waals surface area contributed by atoms with Crippen molar-refractivity contribution < 1.29 is 18.4 Å². The second kappa shape index (κ2) is 6.12. The molecule has 0 heterocycles. The molecule has 0 saturated carbocycles. The first-order valence-electron chi connectivity index (χ1n) is 5.78. The number of rotatable bonds is 4. The maximum absolute atomic E-state index is 12.9. The Morgan fingerprint density at radius 1 is 1.15 bits per heavy atom. The van der Waals surface area contributed by atoms with Crippen molar-refractivity contribution in [3.63, 3.8) is 0 Å². The third-order valence-electron chi connectivity index (χ3n) is 2.54. The number of hydroxylamine groups is 1. The number of hydrogen-bond donors (Lipinski definition) is 2. The normalized spacial score (nSPS) is 10.3. The lowest BCUT2D eigenvalue weighted by atomic mass is 10.2. The van der Waals surface area contributed by atoms with Gasteiger partial charge in [0, 0.05) is 11.3 Å². The van der Waals surface area contributed by atoms with Gasteiger partial charge in [0.1, 0.15) is 0 Å². The summed E-state index contributed by atoms with van der Waals surface area (Å²) >= 11 is 0. The van der Waals surface area contributed by atoms with Crippen LogP contribution in [-0.4, -0.2) is 5.91 Å². The number of carbonyl (C=O) groups excluding carboxylic acids is 1. The first-order valence-corrected chi connectivity index (χ1v) is 5.78. The van der Waals surface area contributed by atoms with Crippen molar-refractivity contribution >= 4 is 11.6 Å². The fourth-order valence-electron chi connectivity index (χ4n) is 1.55. The van der Waals surface area contributed by atoms with E-state index in [9.17, 15) is 13.6 Å². The van der Waals surface area contributed by atoms with Gasteiger partial charge in [-0.15, -0.1) is 0 Å². The van der Waals surface area contributed by atoms with Gasteiger partial charge in [-0.2, -0.15) is 0 Å². The largest absolute Gasteiger partial charge is 0.399 e. The number of hydrogen-bond acceptors (Lipinski definition) is 3. The maximum atomic E-state index is 12.9. The highest BCUT2D eigenvalue weighted by molar-refractivity contribution is 5.94. The minimum absolute atomic E-state index is 0.0781. The monoisotopic (exact) mass is 278 g/mol. The van der Waals surface area contributed by atoms with E-state index in [1.54, 1.807) is 18.2 Å². The predicted molar refractivity (Wildman–Crippen MR) is 69.5 cm³/mol. The molecule has 0 atom stereocenters. The summed E-state index contributed by atoms with van der Waals surface area (Å²) in [6.45, 7) is -0.0781. The molecule has 0 aliphatic rings. The summed E-state index contributed by atoms with van der Waals surface area (Å²) in [6, 6.07) is 9.72. The van der Waals surface area contributed by atoms with Crippen molar-refractivity contribution in [1.29, 1.82) is 0 Å². The van der Waals surface area contributed by atoms with Crippen LogP contribution in [0.2, 0.25) is 0 Å². The molecule has 0 fully saturated rings. The van der Waals surface area contributed by atoms with E-state index in [1.165, 1.54) is 12.1 Å². The van der Waals surface area contributed by atoms with Crippen LogP contribution >= 0.6 is 0 Å². The third-order valence-corrected chi connectivity index (χ3v) is 2.54. The summed E-state index contributed by atoms with van der Waals surface area (Å²) in [5.74, 6) is -2.37. The molecule has 0 spiro atoms. The van der Waals surface area contributed by atoms with E-state index in [2.05, 4.69) is 5.48 Å². The lowest BCUT2D eigenvalue weighted by Gasteiger charge is -2.07. The molecule has 104 valence electrons. The molecule has 6 heteroatoms. The van der Waals surface area contributed by atoms with Gasteiger partial charge in [-0.3, -0.25) is 9.63 Å². The Morgan fingerprint density at radius 3 is 2.65 bits per heavy atom. The van der Waals surface area contributed by atoms with Crippen molar-refractivity contribution in [3.05, 3.63) is 65.2 Å². The maximum Gasteiger partial charge on any atom is 0.274 e.